The number of hydrogen-bond donors (Lipinski definition) is 1. The van der Waals surface area contributed by atoms with Crippen molar-refractivity contribution in [1.29, 1.82) is 0 Å². The van der Waals surface area contributed by atoms with Gasteiger partial charge in [0.15, 0.2) is 0 Å². The van der Waals surface area contributed by atoms with Crippen molar-refractivity contribution in [3.8, 4) is 5.75 Å². The van der Waals surface area contributed by atoms with Crippen molar-refractivity contribution < 1.29 is 14.6 Å². The van der Waals surface area contributed by atoms with Gasteiger partial charge in [-0.05, 0) is 12.1 Å². The van der Waals surface area contributed by atoms with Crippen molar-refractivity contribution in [2.45, 2.75) is 6.42 Å². The standard InChI is InChI=1S/C12H11NO3S/c14-12(15)11-7-10(8-17-11)16-6-4-9-3-1-2-5-13-9/h1-3,5,7-8H,4,6H2,(H,14,15). The summed E-state index contributed by atoms with van der Waals surface area (Å²) in [6.07, 6.45) is 2.45. The molecule has 0 bridgehead atoms. The zero-order chi connectivity index (χ0) is 12.1. The van der Waals surface area contributed by atoms with Crippen LogP contribution in [0.5, 0.6) is 5.75 Å². The summed E-state index contributed by atoms with van der Waals surface area (Å²) < 4.78 is 5.45. The number of aromatic nitrogens is 1. The summed E-state index contributed by atoms with van der Waals surface area (Å²) in [5, 5.41) is 10.4. The van der Waals surface area contributed by atoms with E-state index in [2.05, 4.69) is 4.98 Å². The number of carboxylic acids is 1. The van der Waals surface area contributed by atoms with Crippen LogP contribution in [0.25, 0.3) is 0 Å². The van der Waals surface area contributed by atoms with Gasteiger partial charge in [-0.15, -0.1) is 11.3 Å². The molecule has 0 aliphatic rings. The van der Waals surface area contributed by atoms with E-state index < -0.39 is 5.97 Å². The van der Waals surface area contributed by atoms with Gasteiger partial charge in [0.1, 0.15) is 10.6 Å². The zero-order valence-corrected chi connectivity index (χ0v) is 9.81. The summed E-state index contributed by atoms with van der Waals surface area (Å²) in [5.41, 5.74) is 0.959. The van der Waals surface area contributed by atoms with Gasteiger partial charge in [-0.1, -0.05) is 6.07 Å². The molecule has 5 heteroatoms. The van der Waals surface area contributed by atoms with Crippen molar-refractivity contribution in [2.24, 2.45) is 0 Å². The second-order valence-corrected chi connectivity index (χ2v) is 4.28. The van der Waals surface area contributed by atoms with Gasteiger partial charge in [-0.25, -0.2) is 4.79 Å². The highest BCUT2D eigenvalue weighted by Gasteiger charge is 2.07. The van der Waals surface area contributed by atoms with Crippen LogP contribution in [0.4, 0.5) is 0 Å². The Hall–Kier alpha value is -1.88. The molecule has 2 aromatic heterocycles. The van der Waals surface area contributed by atoms with Crippen LogP contribution in [0, 0.1) is 0 Å². The fourth-order valence-electron chi connectivity index (χ4n) is 1.33. The van der Waals surface area contributed by atoms with Crippen LogP contribution in [0.1, 0.15) is 15.4 Å². The third-order valence-electron chi connectivity index (χ3n) is 2.14. The highest BCUT2D eigenvalue weighted by Crippen LogP contribution is 2.21. The molecule has 0 aromatic carbocycles. The van der Waals surface area contributed by atoms with Crippen LogP contribution >= 0.6 is 11.3 Å². The molecular weight excluding hydrogens is 238 g/mol. The summed E-state index contributed by atoms with van der Waals surface area (Å²) in [6, 6.07) is 7.25. The van der Waals surface area contributed by atoms with Crippen LogP contribution in [-0.4, -0.2) is 22.7 Å². The third-order valence-corrected chi connectivity index (χ3v) is 3.04. The smallest absolute Gasteiger partial charge is 0.346 e. The number of carbonyl (C=O) groups is 1. The lowest BCUT2D eigenvalue weighted by molar-refractivity contribution is 0.0702. The number of thiophene rings is 1. The largest absolute Gasteiger partial charge is 0.492 e. The lowest BCUT2D eigenvalue weighted by Crippen LogP contribution is -2.02. The molecule has 4 nitrogen and oxygen atoms in total. The van der Waals surface area contributed by atoms with Crippen LogP contribution in [0.2, 0.25) is 0 Å². The molecule has 0 radical (unpaired) electrons. The summed E-state index contributed by atoms with van der Waals surface area (Å²) in [6.45, 7) is 0.493. The fraction of sp³-hybridized carbons (Fsp3) is 0.167. The van der Waals surface area contributed by atoms with Gasteiger partial charge in [0.25, 0.3) is 0 Å². The highest BCUT2D eigenvalue weighted by molar-refractivity contribution is 7.12. The van der Waals surface area contributed by atoms with E-state index in [0.717, 1.165) is 17.0 Å². The summed E-state index contributed by atoms with van der Waals surface area (Å²) in [5.74, 6) is -0.321. The molecule has 1 N–H and O–H groups in total. The van der Waals surface area contributed by atoms with E-state index >= 15 is 0 Å². The highest BCUT2D eigenvalue weighted by atomic mass is 32.1. The van der Waals surface area contributed by atoms with Gasteiger partial charge in [0, 0.05) is 29.8 Å². The number of hydrogen-bond acceptors (Lipinski definition) is 4. The fourth-order valence-corrected chi connectivity index (χ4v) is 1.99. The van der Waals surface area contributed by atoms with Gasteiger partial charge >= 0.3 is 5.97 Å². The Morgan fingerprint density at radius 3 is 3.00 bits per heavy atom. The quantitative estimate of drug-likeness (QED) is 0.884. The lowest BCUT2D eigenvalue weighted by atomic mass is 10.3. The Labute approximate surface area is 103 Å². The Morgan fingerprint density at radius 2 is 2.35 bits per heavy atom. The predicted octanol–water partition coefficient (Wildman–Crippen LogP) is 2.46. The molecule has 0 amide bonds. The maximum absolute atomic E-state index is 10.7. The maximum atomic E-state index is 10.7. The van der Waals surface area contributed by atoms with Crippen LogP contribution < -0.4 is 4.74 Å². The van der Waals surface area contributed by atoms with Gasteiger partial charge in [0.05, 0.1) is 6.61 Å². The third kappa shape index (κ3) is 3.29. The maximum Gasteiger partial charge on any atom is 0.346 e. The summed E-state index contributed by atoms with van der Waals surface area (Å²) in [7, 11) is 0. The van der Waals surface area contributed by atoms with E-state index in [1.165, 1.54) is 6.07 Å². The summed E-state index contributed by atoms with van der Waals surface area (Å²) >= 11 is 1.16. The minimum atomic E-state index is -0.922. The Balaban J connectivity index is 1.84. The van der Waals surface area contributed by atoms with E-state index in [0.29, 0.717) is 18.8 Å². The van der Waals surface area contributed by atoms with Crippen molar-refractivity contribution in [3.63, 3.8) is 0 Å². The summed E-state index contributed by atoms with van der Waals surface area (Å²) in [4.78, 5) is 15.1. The molecule has 17 heavy (non-hydrogen) atoms. The average Bonchev–Trinajstić information content (AvgIpc) is 2.79. The minimum Gasteiger partial charge on any atom is -0.492 e. The SMILES string of the molecule is O=C(O)c1cc(OCCc2ccccn2)cs1. The normalized spacial score (nSPS) is 10.1. The van der Waals surface area contributed by atoms with E-state index in [1.54, 1.807) is 11.6 Å². The Bertz CT molecular complexity index is 495. The number of ether oxygens (including phenoxy) is 1. The van der Waals surface area contributed by atoms with E-state index in [9.17, 15) is 4.79 Å². The second kappa shape index (κ2) is 5.45. The molecule has 2 aromatic rings. The van der Waals surface area contributed by atoms with Gasteiger partial charge in [-0.2, -0.15) is 0 Å². The number of aromatic carboxylic acids is 1. The molecule has 0 saturated heterocycles. The van der Waals surface area contributed by atoms with E-state index in [1.807, 2.05) is 18.2 Å². The lowest BCUT2D eigenvalue weighted by Gasteiger charge is -2.02. The van der Waals surface area contributed by atoms with Crippen LogP contribution in [0.15, 0.2) is 35.8 Å². The molecule has 0 spiro atoms. The van der Waals surface area contributed by atoms with E-state index in [4.69, 9.17) is 9.84 Å². The molecule has 0 fully saturated rings. The first-order valence-corrected chi connectivity index (χ1v) is 5.98. The van der Waals surface area contributed by atoms with Gasteiger partial charge in [-0.3, -0.25) is 4.98 Å². The number of rotatable bonds is 5. The molecule has 0 atom stereocenters. The van der Waals surface area contributed by atoms with Crippen LogP contribution in [-0.2, 0) is 6.42 Å². The first kappa shape index (κ1) is 11.6. The molecule has 2 rings (SSSR count). The van der Waals surface area contributed by atoms with Crippen molar-refractivity contribution in [2.75, 3.05) is 6.61 Å². The van der Waals surface area contributed by atoms with Crippen molar-refractivity contribution >= 4 is 17.3 Å². The molecule has 2 heterocycles. The van der Waals surface area contributed by atoms with Gasteiger partial charge < -0.3 is 9.84 Å². The van der Waals surface area contributed by atoms with Gasteiger partial charge in [0.2, 0.25) is 0 Å². The molecule has 0 aliphatic heterocycles. The number of pyridine rings is 1. The van der Waals surface area contributed by atoms with E-state index in [-0.39, 0.29) is 4.88 Å². The Kier molecular flexibility index (Phi) is 3.72. The second-order valence-electron chi connectivity index (χ2n) is 3.37. The molecule has 0 aliphatic carbocycles. The minimum absolute atomic E-state index is 0.290. The predicted molar refractivity (Wildman–Crippen MR) is 64.7 cm³/mol. The average molecular weight is 249 g/mol. The molecule has 0 saturated carbocycles. The first-order chi connectivity index (χ1) is 8.25. The molecule has 0 unspecified atom stereocenters. The number of nitrogens with zero attached hydrogens (tertiary/aromatic N) is 1. The van der Waals surface area contributed by atoms with Crippen LogP contribution in [0.3, 0.4) is 0 Å². The first-order valence-electron chi connectivity index (χ1n) is 5.10. The number of carboxylic acid groups (broad SMARTS) is 1. The monoisotopic (exact) mass is 249 g/mol. The molecule has 88 valence electrons. The molecular formula is C12H11NO3S. The van der Waals surface area contributed by atoms with Crippen molar-refractivity contribution in [1.82, 2.24) is 4.98 Å². The topological polar surface area (TPSA) is 59.4 Å². The Morgan fingerprint density at radius 1 is 1.47 bits per heavy atom. The van der Waals surface area contributed by atoms with Crippen molar-refractivity contribution in [3.05, 3.63) is 46.4 Å². The zero-order valence-electron chi connectivity index (χ0n) is 9.00.